The van der Waals surface area contributed by atoms with Gasteiger partial charge in [-0.05, 0) is 46.5 Å². The molecule has 0 unspecified atom stereocenters. The first kappa shape index (κ1) is 16.3. The van der Waals surface area contributed by atoms with E-state index < -0.39 is 11.6 Å². The Balaban J connectivity index is 2.58. The Hall–Kier alpha value is -1.79. The Morgan fingerprint density at radius 3 is 2.15 bits per heavy atom. The Labute approximate surface area is 118 Å². The van der Waals surface area contributed by atoms with E-state index in [1.165, 1.54) is 4.90 Å². The van der Waals surface area contributed by atoms with Crippen molar-refractivity contribution in [1.29, 1.82) is 0 Å². The van der Waals surface area contributed by atoms with E-state index in [-0.39, 0.29) is 17.9 Å². The lowest BCUT2D eigenvalue weighted by Crippen LogP contribution is -2.53. The molecule has 0 bridgehead atoms. The fourth-order valence-electron chi connectivity index (χ4n) is 2.79. The zero-order valence-corrected chi connectivity index (χ0v) is 12.2. The molecule has 1 aliphatic carbocycles. The van der Waals surface area contributed by atoms with Gasteiger partial charge in [0.15, 0.2) is 0 Å². The largest absolute Gasteiger partial charge is 0.465 e. The predicted octanol–water partition coefficient (Wildman–Crippen LogP) is 1.10. The van der Waals surface area contributed by atoms with Gasteiger partial charge in [-0.25, -0.2) is 4.79 Å². The summed E-state index contributed by atoms with van der Waals surface area (Å²) in [4.78, 5) is 34.7. The van der Waals surface area contributed by atoms with Crippen molar-refractivity contribution < 1.29 is 19.5 Å². The van der Waals surface area contributed by atoms with Crippen LogP contribution in [0.1, 0.15) is 46.5 Å². The maximum atomic E-state index is 11.7. The van der Waals surface area contributed by atoms with Crippen molar-refractivity contribution in [2.75, 3.05) is 0 Å². The van der Waals surface area contributed by atoms with Crippen LogP contribution in [-0.4, -0.2) is 40.0 Å². The van der Waals surface area contributed by atoms with E-state index in [0.717, 1.165) is 0 Å². The van der Waals surface area contributed by atoms with E-state index in [1.54, 1.807) is 0 Å². The molecule has 1 rings (SSSR count). The molecule has 3 amide bonds. The number of nitrogens with zero attached hydrogens (tertiary/aromatic N) is 1. The summed E-state index contributed by atoms with van der Waals surface area (Å²) >= 11 is 0. The van der Waals surface area contributed by atoms with Crippen LogP contribution in [0.2, 0.25) is 0 Å². The van der Waals surface area contributed by atoms with E-state index in [4.69, 9.17) is 0 Å². The fourth-order valence-corrected chi connectivity index (χ4v) is 2.79. The first-order valence-corrected chi connectivity index (χ1v) is 6.78. The molecule has 7 heteroatoms. The number of nitrogens with one attached hydrogen (secondary N) is 2. The van der Waals surface area contributed by atoms with Crippen LogP contribution in [0.25, 0.3) is 0 Å². The average Bonchev–Trinajstić information content (AvgIpc) is 2.34. The summed E-state index contributed by atoms with van der Waals surface area (Å²) in [6.45, 7) is 5.61. The van der Waals surface area contributed by atoms with Gasteiger partial charge in [-0.3, -0.25) is 20.4 Å². The van der Waals surface area contributed by atoms with Gasteiger partial charge in [0.1, 0.15) is 0 Å². The lowest BCUT2D eigenvalue weighted by molar-refractivity contribution is -0.129. The molecule has 0 atom stereocenters. The second kappa shape index (κ2) is 6.58. The zero-order chi connectivity index (χ0) is 15.3. The number of carbonyl (C=O) groups is 3. The molecular weight excluding hydrogens is 262 g/mol. The number of hydrogen-bond acceptors (Lipinski definition) is 3. The van der Waals surface area contributed by atoms with Gasteiger partial charge >= 0.3 is 6.09 Å². The molecule has 0 spiro atoms. The molecule has 1 fully saturated rings. The monoisotopic (exact) mass is 285 g/mol. The van der Waals surface area contributed by atoms with Gasteiger partial charge in [-0.1, -0.05) is 0 Å². The third-order valence-electron chi connectivity index (χ3n) is 3.62. The zero-order valence-electron chi connectivity index (χ0n) is 12.2. The Bertz CT molecular complexity index is 370. The second-order valence-electron chi connectivity index (χ2n) is 6.08. The van der Waals surface area contributed by atoms with E-state index in [1.807, 2.05) is 20.8 Å². The maximum absolute atomic E-state index is 11.7. The third-order valence-corrected chi connectivity index (χ3v) is 3.62. The highest BCUT2D eigenvalue weighted by molar-refractivity contribution is 5.79. The molecule has 0 heterocycles. The Morgan fingerprint density at radius 2 is 1.75 bits per heavy atom. The van der Waals surface area contributed by atoms with Gasteiger partial charge < -0.3 is 10.0 Å². The molecule has 3 N–H and O–H groups in total. The molecule has 0 aromatic rings. The second-order valence-corrected chi connectivity index (χ2v) is 6.08. The smallest absolute Gasteiger partial charge is 0.407 e. The summed E-state index contributed by atoms with van der Waals surface area (Å²) in [6, 6.07) is -0.0596. The van der Waals surface area contributed by atoms with Crippen LogP contribution in [0.4, 0.5) is 4.79 Å². The van der Waals surface area contributed by atoms with Gasteiger partial charge in [0, 0.05) is 17.5 Å². The third kappa shape index (κ3) is 4.11. The van der Waals surface area contributed by atoms with E-state index >= 15 is 0 Å². The lowest BCUT2D eigenvalue weighted by atomic mass is 9.83. The molecule has 7 nitrogen and oxygen atoms in total. The summed E-state index contributed by atoms with van der Waals surface area (Å²) < 4.78 is 0. The quantitative estimate of drug-likeness (QED) is 0.532. The summed E-state index contributed by atoms with van der Waals surface area (Å²) in [5.41, 5.74) is 4.00. The number of hydrogen-bond donors (Lipinski definition) is 3. The molecule has 0 saturated heterocycles. The molecular formula is C13H23N3O4. The molecule has 0 aromatic carbocycles. The maximum Gasteiger partial charge on any atom is 0.407 e. The van der Waals surface area contributed by atoms with Gasteiger partial charge in [0.05, 0.1) is 0 Å². The number of amides is 3. The van der Waals surface area contributed by atoms with E-state index in [9.17, 15) is 19.5 Å². The van der Waals surface area contributed by atoms with Crippen molar-refractivity contribution in [2.24, 2.45) is 5.92 Å². The highest BCUT2D eigenvalue weighted by Crippen LogP contribution is 2.31. The summed E-state index contributed by atoms with van der Waals surface area (Å²) in [7, 11) is 0. The Kier molecular flexibility index (Phi) is 5.35. The summed E-state index contributed by atoms with van der Waals surface area (Å²) in [6.07, 6.45) is 2.04. The number of hydrazine groups is 1. The fraction of sp³-hybridized carbons (Fsp3) is 0.769. The van der Waals surface area contributed by atoms with Crippen LogP contribution in [0.5, 0.6) is 0 Å². The van der Waals surface area contributed by atoms with Gasteiger partial charge in [-0.15, -0.1) is 0 Å². The van der Waals surface area contributed by atoms with E-state index in [2.05, 4.69) is 10.9 Å². The first-order valence-electron chi connectivity index (χ1n) is 6.78. The van der Waals surface area contributed by atoms with Crippen molar-refractivity contribution in [1.82, 2.24) is 15.8 Å². The van der Waals surface area contributed by atoms with Crippen LogP contribution in [0, 0.1) is 5.92 Å². The van der Waals surface area contributed by atoms with Crippen molar-refractivity contribution >= 4 is 18.4 Å². The van der Waals surface area contributed by atoms with Gasteiger partial charge in [0.2, 0.25) is 12.3 Å². The summed E-state index contributed by atoms with van der Waals surface area (Å²) in [5.74, 6) is -0.387. The van der Waals surface area contributed by atoms with Crippen molar-refractivity contribution in [3.05, 3.63) is 0 Å². The average molecular weight is 285 g/mol. The topological polar surface area (TPSA) is 98.7 Å². The minimum absolute atomic E-state index is 0.0596. The molecule has 1 saturated carbocycles. The number of carbonyl (C=O) groups excluding carboxylic acids is 2. The van der Waals surface area contributed by atoms with Crippen LogP contribution >= 0.6 is 0 Å². The van der Waals surface area contributed by atoms with Crippen LogP contribution in [-0.2, 0) is 9.59 Å². The first-order chi connectivity index (χ1) is 9.27. The number of rotatable bonds is 4. The highest BCUT2D eigenvalue weighted by Gasteiger charge is 2.36. The predicted molar refractivity (Wildman–Crippen MR) is 72.7 cm³/mol. The van der Waals surface area contributed by atoms with Gasteiger partial charge in [0.25, 0.3) is 0 Å². The molecule has 20 heavy (non-hydrogen) atoms. The Morgan fingerprint density at radius 1 is 1.20 bits per heavy atom. The summed E-state index contributed by atoms with van der Waals surface area (Å²) in [5, 5.41) is 9.35. The van der Waals surface area contributed by atoms with Crippen LogP contribution in [0.15, 0.2) is 0 Å². The molecule has 0 radical (unpaired) electrons. The van der Waals surface area contributed by atoms with Crippen molar-refractivity contribution in [2.45, 2.75) is 58.0 Å². The number of carboxylic acid groups (broad SMARTS) is 1. The SMILES string of the molecule is CC(C)(C)N(C(=O)O)[C@H]1CC[C@H](C(=O)NNC=O)CC1. The van der Waals surface area contributed by atoms with Gasteiger partial charge in [-0.2, -0.15) is 0 Å². The van der Waals surface area contributed by atoms with Crippen molar-refractivity contribution in [3.63, 3.8) is 0 Å². The van der Waals surface area contributed by atoms with Crippen molar-refractivity contribution in [3.8, 4) is 0 Å². The molecule has 0 aromatic heterocycles. The highest BCUT2D eigenvalue weighted by atomic mass is 16.4. The van der Waals surface area contributed by atoms with Crippen LogP contribution in [0.3, 0.4) is 0 Å². The van der Waals surface area contributed by atoms with Crippen LogP contribution < -0.4 is 10.9 Å². The molecule has 114 valence electrons. The lowest BCUT2D eigenvalue weighted by Gasteiger charge is -2.42. The molecule has 0 aliphatic heterocycles. The normalized spacial score (nSPS) is 22.8. The minimum atomic E-state index is -0.923. The molecule has 1 aliphatic rings. The van der Waals surface area contributed by atoms with E-state index in [0.29, 0.717) is 32.1 Å². The minimum Gasteiger partial charge on any atom is -0.465 e. The standard InChI is InChI=1S/C13H23N3O4/c1-13(2,3)16(12(19)20)10-6-4-9(5-7-10)11(18)15-14-8-17/h8-10H,4-7H2,1-3H3,(H,14,17)(H,15,18)(H,19,20)/t9-,10-.